The van der Waals surface area contributed by atoms with Gasteiger partial charge in [-0.05, 0) is 25.1 Å². The zero-order chi connectivity index (χ0) is 13.8. The summed E-state index contributed by atoms with van der Waals surface area (Å²) in [5.41, 5.74) is 1.43. The zero-order valence-corrected chi connectivity index (χ0v) is 11.7. The van der Waals surface area contributed by atoms with Crippen molar-refractivity contribution in [2.75, 3.05) is 6.61 Å². The van der Waals surface area contributed by atoms with Crippen molar-refractivity contribution in [1.82, 2.24) is 9.78 Å². The van der Waals surface area contributed by atoms with E-state index >= 15 is 0 Å². The number of hydrogen-bond donors (Lipinski definition) is 0. The van der Waals surface area contributed by atoms with Gasteiger partial charge in [0.15, 0.2) is 0 Å². The third kappa shape index (κ3) is 2.83. The molecule has 6 heteroatoms. The first-order valence-corrected chi connectivity index (χ1v) is 6.37. The molecule has 0 radical (unpaired) electrons. The van der Waals surface area contributed by atoms with Crippen LogP contribution in [0.3, 0.4) is 0 Å². The maximum atomic E-state index is 11.5. The zero-order valence-electron chi connectivity index (χ0n) is 10.1. The summed E-state index contributed by atoms with van der Waals surface area (Å²) < 4.78 is 7.18. The number of carbonyl (C=O) groups excluding carboxylic acids is 1. The minimum absolute atomic E-state index is 0.311. The molecule has 96 valence electrons. The maximum absolute atomic E-state index is 11.5. The van der Waals surface area contributed by atoms with Crippen LogP contribution in [0.25, 0.3) is 5.69 Å². The Morgan fingerprint density at radius 1 is 1.58 bits per heavy atom. The summed E-state index contributed by atoms with van der Waals surface area (Å²) in [6.07, 6.45) is 2.96. The summed E-state index contributed by atoms with van der Waals surface area (Å²) in [4.78, 5) is 11.5. The van der Waals surface area contributed by atoms with E-state index in [4.69, 9.17) is 10.00 Å². The highest BCUT2D eigenvalue weighted by atomic mass is 79.9. The molecular formula is C13H10BrN3O2. The first kappa shape index (κ1) is 13.3. The van der Waals surface area contributed by atoms with Crippen molar-refractivity contribution >= 4 is 21.9 Å². The van der Waals surface area contributed by atoms with Crippen LogP contribution >= 0.6 is 15.9 Å². The largest absolute Gasteiger partial charge is 0.462 e. The fraction of sp³-hybridized carbons (Fsp3) is 0.154. The molecule has 0 saturated carbocycles. The molecule has 0 saturated heterocycles. The normalized spacial score (nSPS) is 9.95. The van der Waals surface area contributed by atoms with E-state index in [2.05, 4.69) is 27.1 Å². The van der Waals surface area contributed by atoms with Crippen molar-refractivity contribution in [3.8, 4) is 11.8 Å². The van der Waals surface area contributed by atoms with Crippen LogP contribution in [0.15, 0.2) is 35.1 Å². The molecule has 0 aliphatic carbocycles. The highest BCUT2D eigenvalue weighted by Gasteiger charge is 2.12. The standard InChI is InChI=1S/C13H10BrN3O2/c1-2-19-13(18)10-7-16-17(8-10)12-4-3-11(14)5-9(12)6-15/h3-5,7-8H,2H2,1H3. The molecule has 0 spiro atoms. The molecule has 0 aliphatic heterocycles. The topological polar surface area (TPSA) is 67.9 Å². The highest BCUT2D eigenvalue weighted by molar-refractivity contribution is 9.10. The van der Waals surface area contributed by atoms with Gasteiger partial charge in [0.2, 0.25) is 0 Å². The van der Waals surface area contributed by atoms with Crippen LogP contribution in [0.2, 0.25) is 0 Å². The van der Waals surface area contributed by atoms with Crippen molar-refractivity contribution in [2.24, 2.45) is 0 Å². The molecule has 19 heavy (non-hydrogen) atoms. The van der Waals surface area contributed by atoms with Gasteiger partial charge in [0.25, 0.3) is 0 Å². The predicted molar refractivity (Wildman–Crippen MR) is 71.9 cm³/mol. The van der Waals surface area contributed by atoms with Gasteiger partial charge in [0.1, 0.15) is 6.07 Å². The van der Waals surface area contributed by atoms with Gasteiger partial charge >= 0.3 is 5.97 Å². The third-order valence-electron chi connectivity index (χ3n) is 2.42. The molecule has 0 unspecified atom stereocenters. The third-order valence-corrected chi connectivity index (χ3v) is 2.91. The van der Waals surface area contributed by atoms with Crippen LogP contribution in [0.5, 0.6) is 0 Å². The van der Waals surface area contributed by atoms with Gasteiger partial charge in [-0.1, -0.05) is 15.9 Å². The molecular weight excluding hydrogens is 310 g/mol. The summed E-state index contributed by atoms with van der Waals surface area (Å²) in [5, 5.41) is 13.2. The second-order valence-electron chi connectivity index (χ2n) is 3.67. The van der Waals surface area contributed by atoms with Gasteiger partial charge in [0, 0.05) is 10.7 Å². The van der Waals surface area contributed by atoms with E-state index in [1.165, 1.54) is 10.9 Å². The number of nitrogens with zero attached hydrogens (tertiary/aromatic N) is 3. The molecule has 1 aromatic heterocycles. The van der Waals surface area contributed by atoms with Crippen molar-refractivity contribution in [3.63, 3.8) is 0 Å². The Bertz CT molecular complexity index is 658. The maximum Gasteiger partial charge on any atom is 0.341 e. The average molecular weight is 320 g/mol. The Morgan fingerprint density at radius 2 is 2.37 bits per heavy atom. The number of aromatic nitrogens is 2. The number of rotatable bonds is 3. The molecule has 0 aliphatic rings. The highest BCUT2D eigenvalue weighted by Crippen LogP contribution is 2.19. The summed E-state index contributed by atoms with van der Waals surface area (Å²) in [7, 11) is 0. The predicted octanol–water partition coefficient (Wildman–Crippen LogP) is 2.68. The van der Waals surface area contributed by atoms with Crippen LogP contribution in [0, 0.1) is 11.3 Å². The molecule has 1 heterocycles. The molecule has 2 rings (SSSR count). The molecule has 1 aromatic carbocycles. The van der Waals surface area contributed by atoms with E-state index in [0.29, 0.717) is 23.4 Å². The Morgan fingerprint density at radius 3 is 3.05 bits per heavy atom. The average Bonchev–Trinajstić information content (AvgIpc) is 2.88. The van der Waals surface area contributed by atoms with Gasteiger partial charge in [-0.3, -0.25) is 0 Å². The number of esters is 1. The second kappa shape index (κ2) is 5.67. The number of benzene rings is 1. The summed E-state index contributed by atoms with van der Waals surface area (Å²) in [6, 6.07) is 7.35. The van der Waals surface area contributed by atoms with E-state index in [1.807, 2.05) is 6.07 Å². The first-order valence-electron chi connectivity index (χ1n) is 5.57. The van der Waals surface area contributed by atoms with E-state index < -0.39 is 5.97 Å². The lowest BCUT2D eigenvalue weighted by molar-refractivity contribution is 0.0526. The second-order valence-corrected chi connectivity index (χ2v) is 4.58. The van der Waals surface area contributed by atoms with Crippen molar-refractivity contribution in [2.45, 2.75) is 6.92 Å². The van der Waals surface area contributed by atoms with Crippen LogP contribution in [0.1, 0.15) is 22.8 Å². The Hall–Kier alpha value is -2.13. The minimum atomic E-state index is -0.427. The first-order chi connectivity index (χ1) is 9.15. The van der Waals surface area contributed by atoms with E-state index in [-0.39, 0.29) is 0 Å². The lowest BCUT2D eigenvalue weighted by atomic mass is 10.2. The van der Waals surface area contributed by atoms with Gasteiger partial charge < -0.3 is 4.74 Å². The quantitative estimate of drug-likeness (QED) is 0.816. The van der Waals surface area contributed by atoms with Gasteiger partial charge in [-0.2, -0.15) is 10.4 Å². The summed E-state index contributed by atoms with van der Waals surface area (Å²) in [5.74, 6) is -0.427. The van der Waals surface area contributed by atoms with Crippen LogP contribution in [0.4, 0.5) is 0 Å². The summed E-state index contributed by atoms with van der Waals surface area (Å²) >= 11 is 3.30. The van der Waals surface area contributed by atoms with E-state index in [9.17, 15) is 4.79 Å². The van der Waals surface area contributed by atoms with Gasteiger partial charge in [-0.15, -0.1) is 0 Å². The molecule has 0 amide bonds. The Kier molecular flexibility index (Phi) is 3.97. The fourth-order valence-corrected chi connectivity index (χ4v) is 1.93. The molecule has 0 atom stereocenters. The molecule has 5 nitrogen and oxygen atoms in total. The minimum Gasteiger partial charge on any atom is -0.462 e. The smallest absolute Gasteiger partial charge is 0.341 e. The molecule has 0 fully saturated rings. The Balaban J connectivity index is 2.39. The lowest BCUT2D eigenvalue weighted by Crippen LogP contribution is -2.03. The van der Waals surface area contributed by atoms with Crippen LogP contribution in [-0.2, 0) is 4.74 Å². The van der Waals surface area contributed by atoms with Crippen molar-refractivity contribution in [3.05, 3.63) is 46.2 Å². The summed E-state index contributed by atoms with van der Waals surface area (Å²) in [6.45, 7) is 2.05. The number of ether oxygens (including phenoxy) is 1. The van der Waals surface area contributed by atoms with Crippen LogP contribution in [-0.4, -0.2) is 22.4 Å². The Labute approximate surface area is 118 Å². The van der Waals surface area contributed by atoms with E-state index in [0.717, 1.165) is 4.47 Å². The van der Waals surface area contributed by atoms with Crippen molar-refractivity contribution in [1.29, 1.82) is 5.26 Å². The van der Waals surface area contributed by atoms with Crippen LogP contribution < -0.4 is 0 Å². The number of carbonyl (C=O) groups is 1. The molecule has 2 aromatic rings. The van der Waals surface area contributed by atoms with Gasteiger partial charge in [-0.25, -0.2) is 9.48 Å². The van der Waals surface area contributed by atoms with Crippen molar-refractivity contribution < 1.29 is 9.53 Å². The molecule has 0 bridgehead atoms. The van der Waals surface area contributed by atoms with Gasteiger partial charge in [0.05, 0.1) is 29.6 Å². The molecule has 0 N–H and O–H groups in total. The fourth-order valence-electron chi connectivity index (χ4n) is 1.57. The SMILES string of the molecule is CCOC(=O)c1cnn(-c2ccc(Br)cc2C#N)c1. The number of halogens is 1. The lowest BCUT2D eigenvalue weighted by Gasteiger charge is -2.04. The monoisotopic (exact) mass is 319 g/mol. The van der Waals surface area contributed by atoms with E-state index in [1.54, 1.807) is 25.3 Å². The number of hydrogen-bond acceptors (Lipinski definition) is 4. The number of nitriles is 1.